The van der Waals surface area contributed by atoms with Crippen LogP contribution in [0.4, 0.5) is 4.79 Å². The maximum atomic E-state index is 10.6. The fourth-order valence-corrected chi connectivity index (χ4v) is 0.580. The molecule has 1 unspecified atom stereocenters. The molecule has 6 heteroatoms. The molecule has 0 aliphatic rings. The van der Waals surface area contributed by atoms with E-state index in [4.69, 9.17) is 10.3 Å². The summed E-state index contributed by atoms with van der Waals surface area (Å²) in [7, 11) is 0. The van der Waals surface area contributed by atoms with Gasteiger partial charge in [-0.05, 0) is 6.42 Å². The summed E-state index contributed by atoms with van der Waals surface area (Å²) in [6.45, 7) is 1.62. The minimum atomic E-state index is -1.29. The minimum Gasteiger partial charge on any atom is -0.465 e. The van der Waals surface area contributed by atoms with Crippen LogP contribution in [0.25, 0.3) is 0 Å². The predicted octanol–water partition coefficient (Wildman–Crippen LogP) is -0.462. The van der Waals surface area contributed by atoms with E-state index in [0.717, 1.165) is 0 Å². The minimum absolute atomic E-state index is 0.290. The fraction of sp³-hybridized carbons (Fsp3) is 0.600. The van der Waals surface area contributed by atoms with Crippen LogP contribution in [0.1, 0.15) is 13.3 Å². The van der Waals surface area contributed by atoms with E-state index in [0.29, 0.717) is 6.42 Å². The zero-order chi connectivity index (χ0) is 8.85. The van der Waals surface area contributed by atoms with Crippen molar-refractivity contribution < 1.29 is 19.9 Å². The Labute approximate surface area is 63.2 Å². The van der Waals surface area contributed by atoms with Crippen LogP contribution >= 0.6 is 0 Å². The SMILES string of the molecule is CCC(NC(=O)O)C(=O)NO. The summed E-state index contributed by atoms with van der Waals surface area (Å²) >= 11 is 0. The van der Waals surface area contributed by atoms with Gasteiger partial charge in [0.2, 0.25) is 0 Å². The number of carbonyl (C=O) groups is 2. The normalized spacial score (nSPS) is 11.8. The van der Waals surface area contributed by atoms with E-state index in [1.165, 1.54) is 5.48 Å². The van der Waals surface area contributed by atoms with Crippen LogP contribution in [0.5, 0.6) is 0 Å². The lowest BCUT2D eigenvalue weighted by Crippen LogP contribution is -2.44. The summed E-state index contributed by atoms with van der Waals surface area (Å²) in [6.07, 6.45) is -1.00. The Morgan fingerprint density at radius 3 is 2.36 bits per heavy atom. The number of carboxylic acid groups (broad SMARTS) is 1. The van der Waals surface area contributed by atoms with Gasteiger partial charge in [-0.15, -0.1) is 0 Å². The first-order valence-corrected chi connectivity index (χ1v) is 3.05. The van der Waals surface area contributed by atoms with Crippen molar-refractivity contribution in [2.24, 2.45) is 0 Å². The molecule has 0 saturated carbocycles. The number of amides is 2. The highest BCUT2D eigenvalue weighted by atomic mass is 16.5. The van der Waals surface area contributed by atoms with Crippen LogP contribution in [0.15, 0.2) is 0 Å². The maximum absolute atomic E-state index is 10.6. The summed E-state index contributed by atoms with van der Waals surface area (Å²) in [6, 6.07) is -0.891. The molecule has 0 aliphatic heterocycles. The molecule has 0 radical (unpaired) electrons. The highest BCUT2D eigenvalue weighted by Gasteiger charge is 2.16. The molecule has 0 aromatic carbocycles. The molecule has 64 valence electrons. The summed E-state index contributed by atoms with van der Waals surface area (Å²) in [5, 5.41) is 18.2. The molecule has 0 heterocycles. The Bertz CT molecular complexity index is 159. The standard InChI is InChI=1S/C5H10N2O4/c1-2-3(4(8)7-11)6-5(9)10/h3,6,11H,2H2,1H3,(H,7,8)(H,9,10). The largest absolute Gasteiger partial charge is 0.465 e. The van der Waals surface area contributed by atoms with Crippen molar-refractivity contribution in [1.29, 1.82) is 0 Å². The van der Waals surface area contributed by atoms with Crippen LogP contribution < -0.4 is 10.8 Å². The second-order valence-electron chi connectivity index (χ2n) is 1.89. The summed E-state index contributed by atoms with van der Waals surface area (Å²) in [5.41, 5.74) is 1.36. The Balaban J connectivity index is 3.94. The molecule has 11 heavy (non-hydrogen) atoms. The lowest BCUT2D eigenvalue weighted by atomic mass is 10.2. The highest BCUT2D eigenvalue weighted by Crippen LogP contribution is 1.89. The molecule has 4 N–H and O–H groups in total. The Hall–Kier alpha value is -1.30. The van der Waals surface area contributed by atoms with E-state index in [2.05, 4.69) is 0 Å². The lowest BCUT2D eigenvalue weighted by molar-refractivity contribution is -0.131. The molecule has 6 nitrogen and oxygen atoms in total. The number of carbonyl (C=O) groups excluding carboxylic acids is 1. The van der Waals surface area contributed by atoms with E-state index >= 15 is 0 Å². The molecule has 0 fully saturated rings. The molecule has 2 amide bonds. The second-order valence-corrected chi connectivity index (χ2v) is 1.89. The van der Waals surface area contributed by atoms with Gasteiger partial charge in [-0.3, -0.25) is 10.0 Å². The number of rotatable bonds is 3. The number of hydrogen-bond acceptors (Lipinski definition) is 3. The van der Waals surface area contributed by atoms with E-state index < -0.39 is 18.0 Å². The van der Waals surface area contributed by atoms with Crippen molar-refractivity contribution in [3.63, 3.8) is 0 Å². The lowest BCUT2D eigenvalue weighted by Gasteiger charge is -2.10. The Morgan fingerprint density at radius 2 is 2.09 bits per heavy atom. The number of hydrogen-bond donors (Lipinski definition) is 4. The first-order valence-electron chi connectivity index (χ1n) is 3.05. The van der Waals surface area contributed by atoms with Gasteiger partial charge in [0.25, 0.3) is 5.91 Å². The van der Waals surface area contributed by atoms with E-state index in [-0.39, 0.29) is 0 Å². The van der Waals surface area contributed by atoms with Gasteiger partial charge in [-0.25, -0.2) is 10.3 Å². The zero-order valence-electron chi connectivity index (χ0n) is 6.00. The van der Waals surface area contributed by atoms with Gasteiger partial charge in [0.05, 0.1) is 0 Å². The van der Waals surface area contributed by atoms with Gasteiger partial charge < -0.3 is 10.4 Å². The summed E-state index contributed by atoms with van der Waals surface area (Å²) in [4.78, 5) is 20.6. The average molecular weight is 162 g/mol. The first kappa shape index (κ1) is 9.70. The van der Waals surface area contributed by atoms with Gasteiger partial charge in [0.1, 0.15) is 6.04 Å². The second kappa shape index (κ2) is 4.51. The zero-order valence-corrected chi connectivity index (χ0v) is 6.00. The van der Waals surface area contributed by atoms with Crippen molar-refractivity contribution >= 4 is 12.0 Å². The molecular formula is C5H10N2O4. The molecule has 0 aliphatic carbocycles. The van der Waals surface area contributed by atoms with Crippen molar-refractivity contribution in [1.82, 2.24) is 10.8 Å². The smallest absolute Gasteiger partial charge is 0.405 e. The van der Waals surface area contributed by atoms with Gasteiger partial charge >= 0.3 is 6.09 Å². The van der Waals surface area contributed by atoms with Crippen LogP contribution in [0.3, 0.4) is 0 Å². The monoisotopic (exact) mass is 162 g/mol. The van der Waals surface area contributed by atoms with E-state index in [1.54, 1.807) is 6.92 Å². The van der Waals surface area contributed by atoms with Gasteiger partial charge in [0, 0.05) is 0 Å². The molecular weight excluding hydrogens is 152 g/mol. The summed E-state index contributed by atoms with van der Waals surface area (Å²) < 4.78 is 0. The molecule has 0 bridgehead atoms. The van der Waals surface area contributed by atoms with Crippen molar-refractivity contribution in [2.75, 3.05) is 0 Å². The number of nitrogens with one attached hydrogen (secondary N) is 2. The first-order chi connectivity index (χ1) is 5.11. The average Bonchev–Trinajstić information content (AvgIpc) is 1.98. The Morgan fingerprint density at radius 1 is 1.55 bits per heavy atom. The van der Waals surface area contributed by atoms with Gasteiger partial charge in [-0.2, -0.15) is 0 Å². The van der Waals surface area contributed by atoms with Gasteiger partial charge in [0.15, 0.2) is 0 Å². The van der Waals surface area contributed by atoms with Crippen LogP contribution in [-0.2, 0) is 4.79 Å². The van der Waals surface area contributed by atoms with Crippen LogP contribution in [0, 0.1) is 0 Å². The van der Waals surface area contributed by atoms with Crippen molar-refractivity contribution in [2.45, 2.75) is 19.4 Å². The molecule has 0 aromatic rings. The third kappa shape index (κ3) is 3.41. The van der Waals surface area contributed by atoms with Gasteiger partial charge in [-0.1, -0.05) is 6.92 Å². The quantitative estimate of drug-likeness (QED) is 0.333. The summed E-state index contributed by atoms with van der Waals surface area (Å²) in [5.74, 6) is -0.755. The molecule has 1 atom stereocenters. The predicted molar refractivity (Wildman–Crippen MR) is 35.2 cm³/mol. The van der Waals surface area contributed by atoms with Crippen LogP contribution in [-0.4, -0.2) is 28.4 Å². The molecule has 0 rings (SSSR count). The van der Waals surface area contributed by atoms with Crippen LogP contribution in [0.2, 0.25) is 0 Å². The van der Waals surface area contributed by atoms with Crippen molar-refractivity contribution in [3.05, 3.63) is 0 Å². The molecule has 0 aromatic heterocycles. The topological polar surface area (TPSA) is 98.7 Å². The maximum Gasteiger partial charge on any atom is 0.405 e. The fourth-order valence-electron chi connectivity index (χ4n) is 0.580. The van der Waals surface area contributed by atoms with E-state index in [9.17, 15) is 9.59 Å². The third-order valence-corrected chi connectivity index (χ3v) is 1.13. The molecule has 0 saturated heterocycles. The molecule has 0 spiro atoms. The number of hydroxylamine groups is 1. The van der Waals surface area contributed by atoms with Crippen molar-refractivity contribution in [3.8, 4) is 0 Å². The van der Waals surface area contributed by atoms with E-state index in [1.807, 2.05) is 5.32 Å². The Kier molecular flexibility index (Phi) is 3.97. The third-order valence-electron chi connectivity index (χ3n) is 1.13. The highest BCUT2D eigenvalue weighted by molar-refractivity contribution is 5.84.